The van der Waals surface area contributed by atoms with Crippen LogP contribution in [0.25, 0.3) is 0 Å². The van der Waals surface area contributed by atoms with E-state index in [2.05, 4.69) is 4.74 Å². The largest absolute Gasteiger partial charge is 0.466 e. The Labute approximate surface area is 140 Å². The quantitative estimate of drug-likeness (QED) is 0.704. The molecule has 2 rings (SSSR count). The van der Waals surface area contributed by atoms with Gasteiger partial charge in [-0.05, 0) is 31.2 Å². The van der Waals surface area contributed by atoms with Crippen LogP contribution in [-0.4, -0.2) is 64.2 Å². The normalized spacial score (nSPS) is 17.1. The number of sulfonamides is 1. The van der Waals surface area contributed by atoms with Gasteiger partial charge in [0.05, 0.1) is 30.8 Å². The third kappa shape index (κ3) is 4.11. The molecule has 1 heterocycles. The number of ether oxygens (including phenoxy) is 3. The molecule has 0 amide bonds. The van der Waals surface area contributed by atoms with Crippen molar-refractivity contribution < 1.29 is 32.2 Å². The number of carbonyl (C=O) groups excluding carboxylic acids is 2. The second-order valence-electron chi connectivity index (χ2n) is 5.11. The molecule has 1 fully saturated rings. The zero-order chi connectivity index (χ0) is 17.7. The van der Waals surface area contributed by atoms with Gasteiger partial charge in [0.2, 0.25) is 10.0 Å². The Hall–Kier alpha value is -1.97. The fourth-order valence-electron chi connectivity index (χ4n) is 2.14. The van der Waals surface area contributed by atoms with E-state index in [0.29, 0.717) is 26.3 Å². The lowest BCUT2D eigenvalue weighted by molar-refractivity contribution is -0.149. The summed E-state index contributed by atoms with van der Waals surface area (Å²) in [5.41, 5.74) is 0.145. The standard InChI is InChI=1S/C15H19NO7S/c1-11(14(17)21-2)23-15(18)12-3-5-13(6-4-12)24(19,20)16-7-9-22-10-8-16/h3-6,11H,7-10H2,1-2H3. The maximum Gasteiger partial charge on any atom is 0.346 e. The van der Waals surface area contributed by atoms with Crippen LogP contribution in [0, 0.1) is 0 Å². The van der Waals surface area contributed by atoms with E-state index in [9.17, 15) is 18.0 Å². The molecule has 0 aliphatic carbocycles. The van der Waals surface area contributed by atoms with Crippen molar-refractivity contribution in [2.45, 2.75) is 17.9 Å². The van der Waals surface area contributed by atoms with Crippen molar-refractivity contribution in [3.05, 3.63) is 29.8 Å². The molecule has 0 saturated carbocycles. The van der Waals surface area contributed by atoms with Crippen LogP contribution in [0.2, 0.25) is 0 Å². The average Bonchev–Trinajstić information content (AvgIpc) is 2.61. The number of esters is 2. The van der Waals surface area contributed by atoms with Crippen molar-refractivity contribution >= 4 is 22.0 Å². The molecule has 1 aliphatic heterocycles. The molecule has 132 valence electrons. The first-order valence-electron chi connectivity index (χ1n) is 7.33. The van der Waals surface area contributed by atoms with E-state index in [0.717, 1.165) is 0 Å². The van der Waals surface area contributed by atoms with E-state index >= 15 is 0 Å². The predicted molar refractivity (Wildman–Crippen MR) is 82.9 cm³/mol. The number of carbonyl (C=O) groups is 2. The van der Waals surface area contributed by atoms with Gasteiger partial charge in [-0.3, -0.25) is 0 Å². The lowest BCUT2D eigenvalue weighted by Crippen LogP contribution is -2.40. The predicted octanol–water partition coefficient (Wildman–Crippen LogP) is 0.426. The van der Waals surface area contributed by atoms with E-state index in [1.165, 1.54) is 42.6 Å². The van der Waals surface area contributed by atoms with Crippen molar-refractivity contribution in [3.8, 4) is 0 Å². The zero-order valence-electron chi connectivity index (χ0n) is 13.4. The van der Waals surface area contributed by atoms with Crippen molar-refractivity contribution in [1.29, 1.82) is 0 Å². The highest BCUT2D eigenvalue weighted by Crippen LogP contribution is 2.18. The van der Waals surface area contributed by atoms with Gasteiger partial charge in [0, 0.05) is 13.1 Å². The number of nitrogens with zero attached hydrogens (tertiary/aromatic N) is 1. The number of hydrogen-bond donors (Lipinski definition) is 0. The Bertz CT molecular complexity index is 693. The molecule has 0 N–H and O–H groups in total. The molecular formula is C15H19NO7S. The van der Waals surface area contributed by atoms with Crippen molar-refractivity contribution in [1.82, 2.24) is 4.31 Å². The highest BCUT2D eigenvalue weighted by Gasteiger charge is 2.26. The summed E-state index contributed by atoms with van der Waals surface area (Å²) in [7, 11) is -2.43. The van der Waals surface area contributed by atoms with Crippen LogP contribution in [0.5, 0.6) is 0 Å². The fourth-order valence-corrected chi connectivity index (χ4v) is 3.55. The summed E-state index contributed by atoms with van der Waals surface area (Å²) in [5.74, 6) is -1.40. The van der Waals surface area contributed by atoms with Gasteiger partial charge in [0.15, 0.2) is 6.10 Å². The Morgan fingerprint density at radius 1 is 1.17 bits per heavy atom. The molecule has 0 aromatic heterocycles. The van der Waals surface area contributed by atoms with Gasteiger partial charge in [-0.1, -0.05) is 0 Å². The number of methoxy groups -OCH3 is 1. The third-order valence-electron chi connectivity index (χ3n) is 3.51. The molecule has 24 heavy (non-hydrogen) atoms. The Morgan fingerprint density at radius 2 is 1.75 bits per heavy atom. The summed E-state index contributed by atoms with van der Waals surface area (Å²) in [6.45, 7) is 2.69. The van der Waals surface area contributed by atoms with Gasteiger partial charge in [0.1, 0.15) is 0 Å². The van der Waals surface area contributed by atoms with Crippen LogP contribution in [0.15, 0.2) is 29.2 Å². The van der Waals surface area contributed by atoms with Crippen LogP contribution in [0.1, 0.15) is 17.3 Å². The fraction of sp³-hybridized carbons (Fsp3) is 0.467. The van der Waals surface area contributed by atoms with Gasteiger partial charge >= 0.3 is 11.9 Å². The highest BCUT2D eigenvalue weighted by molar-refractivity contribution is 7.89. The molecule has 1 aromatic rings. The summed E-state index contributed by atoms with van der Waals surface area (Å²) >= 11 is 0. The van der Waals surface area contributed by atoms with E-state index in [4.69, 9.17) is 9.47 Å². The summed E-state index contributed by atoms with van der Waals surface area (Å²) in [4.78, 5) is 23.3. The molecule has 1 aliphatic rings. The average molecular weight is 357 g/mol. The van der Waals surface area contributed by atoms with E-state index < -0.39 is 28.1 Å². The molecule has 1 unspecified atom stereocenters. The molecule has 1 aromatic carbocycles. The Kier molecular flexibility index (Phi) is 5.92. The molecule has 9 heteroatoms. The minimum Gasteiger partial charge on any atom is -0.466 e. The Morgan fingerprint density at radius 3 is 2.29 bits per heavy atom. The van der Waals surface area contributed by atoms with Crippen molar-refractivity contribution in [2.75, 3.05) is 33.4 Å². The minimum atomic E-state index is -3.62. The first kappa shape index (κ1) is 18.4. The van der Waals surface area contributed by atoms with Crippen LogP contribution < -0.4 is 0 Å². The minimum absolute atomic E-state index is 0.0852. The van der Waals surface area contributed by atoms with Gasteiger partial charge < -0.3 is 14.2 Å². The Balaban J connectivity index is 2.09. The molecule has 0 spiro atoms. The molecule has 1 atom stereocenters. The molecule has 0 radical (unpaired) electrons. The summed E-state index contributed by atoms with van der Waals surface area (Å²) < 4.78 is 40.8. The number of benzene rings is 1. The van der Waals surface area contributed by atoms with Crippen LogP contribution in [-0.2, 0) is 29.0 Å². The smallest absolute Gasteiger partial charge is 0.346 e. The highest BCUT2D eigenvalue weighted by atomic mass is 32.2. The number of rotatable bonds is 5. The number of hydrogen-bond acceptors (Lipinski definition) is 7. The third-order valence-corrected chi connectivity index (χ3v) is 5.43. The monoisotopic (exact) mass is 357 g/mol. The maximum atomic E-state index is 12.5. The second-order valence-corrected chi connectivity index (χ2v) is 7.05. The summed E-state index contributed by atoms with van der Waals surface area (Å²) in [5, 5.41) is 0. The zero-order valence-corrected chi connectivity index (χ0v) is 14.2. The van der Waals surface area contributed by atoms with Crippen LogP contribution in [0.3, 0.4) is 0 Å². The van der Waals surface area contributed by atoms with Crippen LogP contribution >= 0.6 is 0 Å². The number of morpholine rings is 1. The van der Waals surface area contributed by atoms with Gasteiger partial charge in [0.25, 0.3) is 0 Å². The summed E-state index contributed by atoms with van der Waals surface area (Å²) in [6, 6.07) is 5.37. The van der Waals surface area contributed by atoms with E-state index in [1.807, 2.05) is 0 Å². The van der Waals surface area contributed by atoms with Crippen molar-refractivity contribution in [2.24, 2.45) is 0 Å². The topological polar surface area (TPSA) is 99.2 Å². The lowest BCUT2D eigenvalue weighted by Gasteiger charge is -2.26. The molecular weight excluding hydrogens is 338 g/mol. The van der Waals surface area contributed by atoms with Gasteiger partial charge in [-0.2, -0.15) is 4.31 Å². The maximum absolute atomic E-state index is 12.5. The SMILES string of the molecule is COC(=O)C(C)OC(=O)c1ccc(S(=O)(=O)N2CCOCC2)cc1. The van der Waals surface area contributed by atoms with E-state index in [-0.39, 0.29) is 10.5 Å². The van der Waals surface area contributed by atoms with Crippen molar-refractivity contribution in [3.63, 3.8) is 0 Å². The second kappa shape index (κ2) is 7.73. The first-order valence-corrected chi connectivity index (χ1v) is 8.77. The molecule has 8 nitrogen and oxygen atoms in total. The lowest BCUT2D eigenvalue weighted by atomic mass is 10.2. The molecule has 1 saturated heterocycles. The molecule has 0 bridgehead atoms. The van der Waals surface area contributed by atoms with Gasteiger partial charge in [-0.25, -0.2) is 18.0 Å². The first-order chi connectivity index (χ1) is 11.4. The van der Waals surface area contributed by atoms with E-state index in [1.54, 1.807) is 0 Å². The summed E-state index contributed by atoms with van der Waals surface area (Å²) in [6.07, 6.45) is -1.04. The van der Waals surface area contributed by atoms with Gasteiger partial charge in [-0.15, -0.1) is 0 Å². The van der Waals surface area contributed by atoms with Crippen LogP contribution in [0.4, 0.5) is 0 Å².